The summed E-state index contributed by atoms with van der Waals surface area (Å²) >= 11 is 0. The fourth-order valence-corrected chi connectivity index (χ4v) is 4.49. The summed E-state index contributed by atoms with van der Waals surface area (Å²) in [5.41, 5.74) is 5.04. The summed E-state index contributed by atoms with van der Waals surface area (Å²) in [5.74, 6) is -0.172. The van der Waals surface area contributed by atoms with E-state index >= 15 is 0 Å². The van der Waals surface area contributed by atoms with E-state index in [9.17, 15) is 9.59 Å². The molecule has 0 heterocycles. The van der Waals surface area contributed by atoms with Gasteiger partial charge in [-0.3, -0.25) is 9.59 Å². The first-order chi connectivity index (χ1) is 19.4. The maximum Gasteiger partial charge on any atom is 0.256 e. The van der Waals surface area contributed by atoms with E-state index in [-0.39, 0.29) is 17.2 Å². The molecule has 1 unspecified atom stereocenters. The lowest BCUT2D eigenvalue weighted by molar-refractivity contribution is -0.123. The molecule has 4 aromatic rings. The van der Waals surface area contributed by atoms with Crippen molar-refractivity contribution in [2.75, 3.05) is 30.3 Å². The Morgan fingerprint density at radius 2 is 1.32 bits per heavy atom. The van der Waals surface area contributed by atoms with Crippen molar-refractivity contribution in [3.63, 3.8) is 0 Å². The largest absolute Gasteiger partial charge is 0.384 e. The van der Waals surface area contributed by atoms with E-state index in [0.29, 0.717) is 25.2 Å². The van der Waals surface area contributed by atoms with Crippen LogP contribution in [0, 0.1) is 5.41 Å². The third-order valence-corrected chi connectivity index (χ3v) is 6.70. The lowest BCUT2D eigenvalue weighted by atomic mass is 9.92. The van der Waals surface area contributed by atoms with Gasteiger partial charge in [-0.15, -0.1) is 0 Å². The SMILES string of the molecule is CCNC(=O)C(NCC(C)(C)CNc1ccc(NC(=O)c2ccccc2-c2ccccc2)cc1)c1ccccc1. The molecule has 40 heavy (non-hydrogen) atoms. The molecule has 0 saturated carbocycles. The van der Waals surface area contributed by atoms with Crippen LogP contribution in [0.2, 0.25) is 0 Å². The molecule has 0 aromatic heterocycles. The molecule has 6 nitrogen and oxygen atoms in total. The molecule has 6 heteroatoms. The van der Waals surface area contributed by atoms with Crippen molar-refractivity contribution in [1.29, 1.82) is 0 Å². The van der Waals surface area contributed by atoms with E-state index in [0.717, 1.165) is 28.1 Å². The molecular formula is C34H38N4O2. The number of benzene rings is 4. The molecule has 0 bridgehead atoms. The molecule has 4 aromatic carbocycles. The van der Waals surface area contributed by atoms with Gasteiger partial charge in [0.2, 0.25) is 5.91 Å². The third-order valence-electron chi connectivity index (χ3n) is 6.70. The number of hydrogen-bond donors (Lipinski definition) is 4. The van der Waals surface area contributed by atoms with Crippen molar-refractivity contribution in [2.45, 2.75) is 26.8 Å². The summed E-state index contributed by atoms with van der Waals surface area (Å²) < 4.78 is 0. The highest BCUT2D eigenvalue weighted by atomic mass is 16.2. The highest BCUT2D eigenvalue weighted by molar-refractivity contribution is 6.08. The molecule has 1 atom stereocenters. The predicted octanol–water partition coefficient (Wildman–Crippen LogP) is 6.51. The number of amides is 2. The number of hydrogen-bond acceptors (Lipinski definition) is 4. The van der Waals surface area contributed by atoms with Crippen LogP contribution < -0.4 is 21.3 Å². The molecule has 4 N–H and O–H groups in total. The summed E-state index contributed by atoms with van der Waals surface area (Å²) in [5, 5.41) is 12.9. The van der Waals surface area contributed by atoms with Gasteiger partial charge in [0.25, 0.3) is 5.91 Å². The summed E-state index contributed by atoms with van der Waals surface area (Å²) in [7, 11) is 0. The van der Waals surface area contributed by atoms with Gasteiger partial charge in [0.15, 0.2) is 0 Å². The molecule has 0 aliphatic rings. The lowest BCUT2D eigenvalue weighted by Gasteiger charge is -2.29. The number of rotatable bonds is 12. The average Bonchev–Trinajstić information content (AvgIpc) is 2.98. The molecule has 0 fully saturated rings. The van der Waals surface area contributed by atoms with Gasteiger partial charge in [0, 0.05) is 36.6 Å². The van der Waals surface area contributed by atoms with Gasteiger partial charge in [-0.25, -0.2) is 0 Å². The lowest BCUT2D eigenvalue weighted by Crippen LogP contribution is -2.43. The fraction of sp³-hybridized carbons (Fsp3) is 0.235. The van der Waals surface area contributed by atoms with E-state index in [2.05, 4.69) is 35.1 Å². The Kier molecular flexibility index (Phi) is 9.71. The maximum absolute atomic E-state index is 13.1. The second-order valence-corrected chi connectivity index (χ2v) is 10.6. The Hall–Kier alpha value is -4.42. The van der Waals surface area contributed by atoms with Crippen molar-refractivity contribution in [2.24, 2.45) is 5.41 Å². The molecule has 4 rings (SSSR count). The standard InChI is InChI=1S/C34H38N4O2/c1-4-35-33(40)31(26-15-9-6-10-16-26)37-24-34(2,3)23-36-27-19-21-28(22-20-27)38-32(39)30-18-12-11-17-29(30)25-13-7-5-8-14-25/h5-22,31,36-37H,4,23-24H2,1-3H3,(H,35,40)(H,38,39). The minimum Gasteiger partial charge on any atom is -0.384 e. The van der Waals surface area contributed by atoms with Crippen LogP contribution in [0.25, 0.3) is 11.1 Å². The van der Waals surface area contributed by atoms with Crippen LogP contribution in [0.1, 0.15) is 42.7 Å². The first-order valence-electron chi connectivity index (χ1n) is 13.7. The molecule has 0 saturated heterocycles. The Labute approximate surface area is 237 Å². The Bertz CT molecular complexity index is 1390. The number of nitrogens with one attached hydrogen (secondary N) is 4. The van der Waals surface area contributed by atoms with Crippen molar-refractivity contribution < 1.29 is 9.59 Å². The van der Waals surface area contributed by atoms with Crippen LogP contribution in [0.3, 0.4) is 0 Å². The van der Waals surface area contributed by atoms with Gasteiger partial charge >= 0.3 is 0 Å². The summed E-state index contributed by atoms with van der Waals surface area (Å²) in [6, 6.07) is 34.7. The molecule has 0 radical (unpaired) electrons. The predicted molar refractivity (Wildman–Crippen MR) is 164 cm³/mol. The minimum absolute atomic E-state index is 0.0264. The van der Waals surface area contributed by atoms with Gasteiger partial charge in [-0.2, -0.15) is 0 Å². The second-order valence-electron chi connectivity index (χ2n) is 10.6. The summed E-state index contributed by atoms with van der Waals surface area (Å²) in [4.78, 5) is 25.8. The molecular weight excluding hydrogens is 496 g/mol. The zero-order valence-electron chi connectivity index (χ0n) is 23.4. The van der Waals surface area contributed by atoms with Crippen LogP contribution in [0.5, 0.6) is 0 Å². The number of anilines is 2. The molecule has 2 amide bonds. The topological polar surface area (TPSA) is 82.3 Å². The van der Waals surface area contributed by atoms with Gasteiger partial charge in [0.1, 0.15) is 6.04 Å². The Balaban J connectivity index is 1.33. The fourth-order valence-electron chi connectivity index (χ4n) is 4.49. The number of likely N-dealkylation sites (N-methyl/N-ethyl adjacent to an activating group) is 1. The van der Waals surface area contributed by atoms with Gasteiger partial charge in [-0.05, 0) is 59.4 Å². The average molecular weight is 535 g/mol. The third kappa shape index (κ3) is 7.80. The summed E-state index contributed by atoms with van der Waals surface area (Å²) in [6.07, 6.45) is 0. The van der Waals surface area contributed by atoms with Gasteiger partial charge in [-0.1, -0.05) is 92.7 Å². The molecule has 0 aliphatic heterocycles. The van der Waals surface area contributed by atoms with Gasteiger partial charge in [0.05, 0.1) is 0 Å². The normalized spacial score (nSPS) is 11.9. The Morgan fingerprint density at radius 1 is 0.725 bits per heavy atom. The second kappa shape index (κ2) is 13.6. The van der Waals surface area contributed by atoms with E-state index in [4.69, 9.17) is 0 Å². The molecule has 206 valence electrons. The minimum atomic E-state index is -0.407. The van der Waals surface area contributed by atoms with Crippen LogP contribution in [0.15, 0.2) is 109 Å². The van der Waals surface area contributed by atoms with E-state index in [1.54, 1.807) is 0 Å². The van der Waals surface area contributed by atoms with E-state index in [1.807, 2.05) is 116 Å². The van der Waals surface area contributed by atoms with Crippen LogP contribution in [-0.2, 0) is 4.79 Å². The Morgan fingerprint density at radius 3 is 2.00 bits per heavy atom. The molecule has 0 spiro atoms. The van der Waals surface area contributed by atoms with E-state index in [1.165, 1.54) is 0 Å². The quantitative estimate of drug-likeness (QED) is 0.167. The van der Waals surface area contributed by atoms with Crippen LogP contribution >= 0.6 is 0 Å². The zero-order chi connectivity index (χ0) is 28.4. The smallest absolute Gasteiger partial charge is 0.256 e. The van der Waals surface area contributed by atoms with Crippen LogP contribution in [-0.4, -0.2) is 31.4 Å². The van der Waals surface area contributed by atoms with Crippen molar-refractivity contribution >= 4 is 23.2 Å². The van der Waals surface area contributed by atoms with Crippen molar-refractivity contribution in [3.8, 4) is 11.1 Å². The molecule has 0 aliphatic carbocycles. The summed E-state index contributed by atoms with van der Waals surface area (Å²) in [6.45, 7) is 8.18. The zero-order valence-corrected chi connectivity index (χ0v) is 23.4. The van der Waals surface area contributed by atoms with E-state index < -0.39 is 6.04 Å². The van der Waals surface area contributed by atoms with Crippen LogP contribution in [0.4, 0.5) is 11.4 Å². The maximum atomic E-state index is 13.1. The highest BCUT2D eigenvalue weighted by Crippen LogP contribution is 2.25. The van der Waals surface area contributed by atoms with Crippen molar-refractivity contribution in [1.82, 2.24) is 10.6 Å². The van der Waals surface area contributed by atoms with Crippen molar-refractivity contribution in [3.05, 3.63) is 120 Å². The first kappa shape index (κ1) is 28.6. The van der Waals surface area contributed by atoms with Gasteiger partial charge < -0.3 is 21.3 Å². The highest BCUT2D eigenvalue weighted by Gasteiger charge is 2.24. The monoisotopic (exact) mass is 534 g/mol. The first-order valence-corrected chi connectivity index (χ1v) is 13.7. The number of carbonyl (C=O) groups is 2. The number of carbonyl (C=O) groups excluding carboxylic acids is 2.